The predicted octanol–water partition coefficient (Wildman–Crippen LogP) is 1.74. The second-order valence-corrected chi connectivity index (χ2v) is 8.61. The van der Waals surface area contributed by atoms with Crippen molar-refractivity contribution in [1.29, 1.82) is 0 Å². The summed E-state index contributed by atoms with van der Waals surface area (Å²) in [6.45, 7) is 4.44. The maximum atomic E-state index is 13.6. The van der Waals surface area contributed by atoms with Gasteiger partial charge in [0.05, 0.1) is 25.8 Å². The van der Waals surface area contributed by atoms with Crippen molar-refractivity contribution in [3.63, 3.8) is 0 Å². The Balaban J connectivity index is 1.60. The van der Waals surface area contributed by atoms with Crippen LogP contribution in [0.25, 0.3) is 0 Å². The van der Waals surface area contributed by atoms with E-state index in [1.165, 1.54) is 34.1 Å². The molecule has 2 heterocycles. The first-order valence-corrected chi connectivity index (χ1v) is 11.1. The fourth-order valence-corrected chi connectivity index (χ4v) is 4.59. The van der Waals surface area contributed by atoms with Gasteiger partial charge in [0.25, 0.3) is 5.91 Å². The van der Waals surface area contributed by atoms with Crippen LogP contribution in [0.3, 0.4) is 0 Å². The highest BCUT2D eigenvalue weighted by Crippen LogP contribution is 2.38. The maximum absolute atomic E-state index is 13.6. The number of ether oxygens (including phenoxy) is 1. The minimum absolute atomic E-state index is 0.312. The van der Waals surface area contributed by atoms with Gasteiger partial charge in [0.2, 0.25) is 5.78 Å². The van der Waals surface area contributed by atoms with Gasteiger partial charge in [0.1, 0.15) is 24.8 Å². The maximum Gasteiger partial charge on any atom is 0.291 e. The lowest BCUT2D eigenvalue weighted by molar-refractivity contribution is -0.908. The molecule has 2 aromatic carbocycles. The fraction of sp³-hybridized carbons (Fsp3) is 0.375. The number of carbonyl (C=O) groups is 3. The Morgan fingerprint density at radius 2 is 1.72 bits per heavy atom. The Morgan fingerprint density at radius 1 is 1.06 bits per heavy atom. The molecule has 2 atom stereocenters. The summed E-state index contributed by atoms with van der Waals surface area (Å²) in [6.07, 6.45) is 0.688. The zero-order chi connectivity index (χ0) is 22.7. The number of likely N-dealkylation sites (tertiary alicyclic amines) is 1. The Morgan fingerprint density at radius 3 is 2.38 bits per heavy atom. The van der Waals surface area contributed by atoms with Crippen molar-refractivity contribution >= 4 is 29.1 Å². The Hall–Kier alpha value is -2.61. The van der Waals surface area contributed by atoms with Crippen LogP contribution in [0.2, 0.25) is 5.02 Å². The molecular formula is C24H25ClFN2O4+. The molecule has 1 amide bonds. The normalized spacial score (nSPS) is 21.9. The molecule has 2 aliphatic heterocycles. The Kier molecular flexibility index (Phi) is 6.98. The molecular weight excluding hydrogens is 435 g/mol. The summed E-state index contributed by atoms with van der Waals surface area (Å²) in [7, 11) is 0. The van der Waals surface area contributed by atoms with Crippen LogP contribution in [-0.4, -0.2) is 61.8 Å². The molecule has 8 heteroatoms. The summed E-state index contributed by atoms with van der Waals surface area (Å²) in [5, 5.41) is 0.470. The molecule has 2 aliphatic rings. The number of morpholine rings is 1. The van der Waals surface area contributed by atoms with Gasteiger partial charge < -0.3 is 14.5 Å². The van der Waals surface area contributed by atoms with Gasteiger partial charge in [-0.1, -0.05) is 23.7 Å². The van der Waals surface area contributed by atoms with Crippen LogP contribution >= 0.6 is 11.6 Å². The molecule has 4 rings (SSSR count). The minimum atomic E-state index is -1.18. The van der Waals surface area contributed by atoms with Gasteiger partial charge in [-0.05, 0) is 42.0 Å². The van der Waals surface area contributed by atoms with Crippen molar-refractivity contribution in [2.24, 2.45) is 5.92 Å². The van der Waals surface area contributed by atoms with Gasteiger partial charge in [0, 0.05) is 23.6 Å². The molecule has 0 aromatic heterocycles. The van der Waals surface area contributed by atoms with Crippen LogP contribution in [0.4, 0.5) is 4.39 Å². The number of rotatable bonds is 7. The van der Waals surface area contributed by atoms with Gasteiger partial charge in [-0.15, -0.1) is 0 Å². The van der Waals surface area contributed by atoms with Gasteiger partial charge in [-0.2, -0.15) is 0 Å². The lowest BCUT2D eigenvalue weighted by Gasteiger charge is -2.28. The highest BCUT2D eigenvalue weighted by molar-refractivity contribution is 6.44. The number of carbonyl (C=O) groups excluding carboxylic acids is 3. The number of hydrogen-bond acceptors (Lipinski definition) is 4. The van der Waals surface area contributed by atoms with Gasteiger partial charge >= 0.3 is 0 Å². The van der Waals surface area contributed by atoms with E-state index in [0.29, 0.717) is 42.3 Å². The van der Waals surface area contributed by atoms with Crippen LogP contribution in [0.5, 0.6) is 0 Å². The quantitative estimate of drug-likeness (QED) is 0.389. The van der Waals surface area contributed by atoms with E-state index in [4.69, 9.17) is 16.3 Å². The van der Waals surface area contributed by atoms with Crippen molar-refractivity contribution in [2.75, 3.05) is 39.4 Å². The minimum Gasteiger partial charge on any atom is -0.370 e. The third kappa shape index (κ3) is 4.75. The average Bonchev–Trinajstić information content (AvgIpc) is 3.05. The summed E-state index contributed by atoms with van der Waals surface area (Å²) in [5.74, 6) is -3.42. The van der Waals surface area contributed by atoms with Gasteiger partial charge in [-0.25, -0.2) is 4.39 Å². The van der Waals surface area contributed by atoms with Crippen LogP contribution in [-0.2, 0) is 14.3 Å². The molecule has 0 spiro atoms. The summed E-state index contributed by atoms with van der Waals surface area (Å²) in [4.78, 5) is 42.1. The van der Waals surface area contributed by atoms with E-state index in [1.54, 1.807) is 24.3 Å². The number of halogens is 2. The number of quaternary nitrogens is 1. The smallest absolute Gasteiger partial charge is 0.291 e. The number of hydrogen-bond donors (Lipinski definition) is 1. The molecule has 2 unspecified atom stereocenters. The Labute approximate surface area is 190 Å². The molecule has 0 bridgehead atoms. The largest absolute Gasteiger partial charge is 0.370 e. The number of ketones is 2. The van der Waals surface area contributed by atoms with Crippen molar-refractivity contribution in [1.82, 2.24) is 4.90 Å². The third-order valence-electron chi connectivity index (χ3n) is 6.16. The highest BCUT2D eigenvalue weighted by atomic mass is 35.5. The standard InChI is InChI=1S/C24H24ClFN2O4/c25-18-6-2-17(3-7-18)22(29)20-21(16-4-8-19(26)9-5-16)28(24(31)23(20)30)11-1-10-27-12-14-32-15-13-27/h2-9,20-21H,1,10-15H2/p+1. The number of nitrogens with zero attached hydrogens (tertiary/aromatic N) is 1. The zero-order valence-corrected chi connectivity index (χ0v) is 18.3. The molecule has 6 nitrogen and oxygen atoms in total. The molecule has 2 saturated heterocycles. The number of benzene rings is 2. The fourth-order valence-electron chi connectivity index (χ4n) is 4.46. The summed E-state index contributed by atoms with van der Waals surface area (Å²) in [6, 6.07) is 11.1. The van der Waals surface area contributed by atoms with Crippen molar-refractivity contribution in [2.45, 2.75) is 12.5 Å². The lowest BCUT2D eigenvalue weighted by atomic mass is 9.86. The molecule has 0 radical (unpaired) electrons. The third-order valence-corrected chi connectivity index (χ3v) is 6.41. The van der Waals surface area contributed by atoms with Crippen molar-refractivity contribution in [3.8, 4) is 0 Å². The Bertz CT molecular complexity index is 990. The second-order valence-electron chi connectivity index (χ2n) is 8.17. The van der Waals surface area contributed by atoms with E-state index in [9.17, 15) is 18.8 Å². The first-order chi connectivity index (χ1) is 15.5. The molecule has 1 N–H and O–H groups in total. The van der Waals surface area contributed by atoms with E-state index in [1.807, 2.05) is 0 Å². The number of amides is 1. The van der Waals surface area contributed by atoms with Crippen LogP contribution in [0.15, 0.2) is 48.5 Å². The summed E-state index contributed by atoms with van der Waals surface area (Å²) in [5.41, 5.74) is 0.879. The highest BCUT2D eigenvalue weighted by Gasteiger charge is 2.51. The van der Waals surface area contributed by atoms with E-state index in [-0.39, 0.29) is 0 Å². The second kappa shape index (κ2) is 9.90. The average molecular weight is 460 g/mol. The van der Waals surface area contributed by atoms with Crippen molar-refractivity contribution in [3.05, 3.63) is 70.5 Å². The number of nitrogens with one attached hydrogen (secondary N) is 1. The van der Waals surface area contributed by atoms with E-state index < -0.39 is 35.3 Å². The van der Waals surface area contributed by atoms with E-state index in [0.717, 1.165) is 19.6 Å². The van der Waals surface area contributed by atoms with Gasteiger partial charge in [0.15, 0.2) is 5.78 Å². The molecule has 168 valence electrons. The van der Waals surface area contributed by atoms with Crippen LogP contribution in [0.1, 0.15) is 28.4 Å². The zero-order valence-electron chi connectivity index (χ0n) is 17.6. The van der Waals surface area contributed by atoms with Crippen LogP contribution in [0, 0.1) is 11.7 Å². The molecule has 32 heavy (non-hydrogen) atoms. The van der Waals surface area contributed by atoms with Crippen molar-refractivity contribution < 1.29 is 28.4 Å². The first-order valence-electron chi connectivity index (χ1n) is 10.8. The topological polar surface area (TPSA) is 68.1 Å². The first kappa shape index (κ1) is 22.6. The SMILES string of the molecule is O=C1C(=O)N(CCC[NH+]2CCOCC2)C(c2ccc(F)cc2)C1C(=O)c1ccc(Cl)cc1. The van der Waals surface area contributed by atoms with Crippen LogP contribution < -0.4 is 4.90 Å². The summed E-state index contributed by atoms with van der Waals surface area (Å²) < 4.78 is 18.9. The van der Waals surface area contributed by atoms with Gasteiger partial charge in [-0.3, -0.25) is 14.4 Å². The van der Waals surface area contributed by atoms with E-state index in [2.05, 4.69) is 0 Å². The molecule has 0 aliphatic carbocycles. The van der Waals surface area contributed by atoms with E-state index >= 15 is 0 Å². The molecule has 2 aromatic rings. The number of Topliss-reactive ketones (excluding diaryl/α,β-unsaturated/α-hetero) is 2. The molecule has 2 fully saturated rings. The lowest BCUT2D eigenvalue weighted by Crippen LogP contribution is -3.14. The molecule has 0 saturated carbocycles. The predicted molar refractivity (Wildman–Crippen MR) is 116 cm³/mol. The summed E-state index contributed by atoms with van der Waals surface area (Å²) >= 11 is 5.93. The monoisotopic (exact) mass is 459 g/mol.